The molecule has 1 aliphatic rings. The number of hydrogen-bond donors (Lipinski definition) is 2. The first-order chi connectivity index (χ1) is 11.2. The second-order valence-corrected chi connectivity index (χ2v) is 9.99. The van der Waals surface area contributed by atoms with E-state index in [0.717, 1.165) is 30.8 Å². The predicted molar refractivity (Wildman–Crippen MR) is 97.5 cm³/mol. The van der Waals surface area contributed by atoms with Gasteiger partial charge in [0.1, 0.15) is 0 Å². The molecule has 1 aromatic carbocycles. The molecule has 1 fully saturated rings. The van der Waals surface area contributed by atoms with Crippen molar-refractivity contribution < 1.29 is 14.7 Å². The fourth-order valence-corrected chi connectivity index (χ4v) is 5.25. The third-order valence-electron chi connectivity index (χ3n) is 5.08. The summed E-state index contributed by atoms with van der Waals surface area (Å²) in [7, 11) is 0. The number of hydrogen-bond acceptors (Lipinski definition) is 3. The third kappa shape index (κ3) is 4.41. The van der Waals surface area contributed by atoms with E-state index in [1.165, 1.54) is 0 Å². The predicted octanol–water partition coefficient (Wildman–Crippen LogP) is 2.64. The Bertz CT molecular complexity index is 629. The van der Waals surface area contributed by atoms with Gasteiger partial charge in [-0.1, -0.05) is 0 Å². The van der Waals surface area contributed by atoms with Crippen LogP contribution in [0.5, 0.6) is 5.75 Å². The SMILES string of the molecule is CCC1(C)CC(NC(=O)c2cccc([As]C=O)c2O)CC(C)(C)C1. The summed E-state index contributed by atoms with van der Waals surface area (Å²) in [5.74, 6) is -0.293. The molecule has 0 aromatic heterocycles. The molecule has 2 unspecified atom stereocenters. The van der Waals surface area contributed by atoms with Crippen LogP contribution in [-0.4, -0.2) is 37.9 Å². The van der Waals surface area contributed by atoms with Crippen LogP contribution in [-0.2, 0) is 4.79 Å². The van der Waals surface area contributed by atoms with E-state index in [2.05, 4.69) is 33.0 Å². The van der Waals surface area contributed by atoms with Crippen LogP contribution in [0.25, 0.3) is 0 Å². The maximum atomic E-state index is 12.7. The fourth-order valence-electron chi connectivity index (χ4n) is 4.14. The molecule has 1 radical (unpaired) electrons. The molecule has 24 heavy (non-hydrogen) atoms. The average Bonchev–Trinajstić information content (AvgIpc) is 2.47. The quantitative estimate of drug-likeness (QED) is 0.598. The summed E-state index contributed by atoms with van der Waals surface area (Å²) in [4.78, 5) is 23.4. The van der Waals surface area contributed by atoms with Crippen molar-refractivity contribution in [3.8, 4) is 5.75 Å². The molecule has 2 rings (SSSR count). The van der Waals surface area contributed by atoms with E-state index < -0.39 is 15.8 Å². The van der Waals surface area contributed by atoms with Gasteiger partial charge in [-0.2, -0.15) is 0 Å². The van der Waals surface area contributed by atoms with Crippen LogP contribution >= 0.6 is 0 Å². The summed E-state index contributed by atoms with van der Waals surface area (Å²) < 4.78 is 0.580. The van der Waals surface area contributed by atoms with Crippen LogP contribution in [0.3, 0.4) is 0 Å². The minimum atomic E-state index is -0.751. The molecule has 2 atom stereocenters. The topological polar surface area (TPSA) is 66.4 Å². The zero-order valence-corrected chi connectivity index (χ0v) is 16.8. The molecule has 0 heterocycles. The van der Waals surface area contributed by atoms with Crippen LogP contribution in [0, 0.1) is 10.8 Å². The Kier molecular flexibility index (Phi) is 5.80. The number of rotatable bonds is 5. The van der Waals surface area contributed by atoms with Gasteiger partial charge in [-0.15, -0.1) is 0 Å². The van der Waals surface area contributed by atoms with Crippen molar-refractivity contribution in [1.82, 2.24) is 5.32 Å². The molecule has 1 aliphatic carbocycles. The van der Waals surface area contributed by atoms with E-state index in [0.29, 0.717) is 4.35 Å². The number of para-hydroxylation sites is 1. The Morgan fingerprint density at radius 1 is 1.38 bits per heavy atom. The minimum absolute atomic E-state index is 0.0459. The van der Waals surface area contributed by atoms with E-state index in [-0.39, 0.29) is 34.1 Å². The van der Waals surface area contributed by atoms with Crippen LogP contribution in [0.1, 0.15) is 63.7 Å². The maximum absolute atomic E-state index is 12.7. The zero-order valence-electron chi connectivity index (χ0n) is 14.9. The Morgan fingerprint density at radius 3 is 2.71 bits per heavy atom. The number of nitrogens with one attached hydrogen (secondary N) is 1. The van der Waals surface area contributed by atoms with Crippen LogP contribution in [0.4, 0.5) is 0 Å². The molecular weight excluding hydrogens is 365 g/mol. The van der Waals surface area contributed by atoms with E-state index in [1.54, 1.807) is 18.2 Å². The summed E-state index contributed by atoms with van der Waals surface area (Å²) >= 11 is -0.751. The van der Waals surface area contributed by atoms with Crippen molar-refractivity contribution in [2.24, 2.45) is 10.8 Å². The number of aromatic hydroxyl groups is 1. The van der Waals surface area contributed by atoms with E-state index in [9.17, 15) is 14.7 Å². The third-order valence-corrected chi connectivity index (χ3v) is 6.65. The number of carbonyl (C=O) groups excluding carboxylic acids is 2. The van der Waals surface area contributed by atoms with Crippen molar-refractivity contribution in [3.63, 3.8) is 0 Å². The standard InChI is InChI=1S/C19H27AsNO3/c1-5-19(4)10-13(9-18(2,3)11-19)21-17(24)14-7-6-8-15(16(14)23)20-12-22/h6-8,12-13,23H,5,9-11H2,1-4H3,(H,21,24). The van der Waals surface area contributed by atoms with Gasteiger partial charge in [-0.05, 0) is 0 Å². The number of phenolic OH excluding ortho intramolecular Hbond substituents is 1. The molecule has 0 spiro atoms. The molecule has 1 saturated carbocycles. The van der Waals surface area contributed by atoms with Gasteiger partial charge in [0, 0.05) is 0 Å². The molecule has 0 bridgehead atoms. The van der Waals surface area contributed by atoms with Crippen molar-refractivity contribution in [2.75, 3.05) is 0 Å². The van der Waals surface area contributed by atoms with Crippen LogP contribution < -0.4 is 9.67 Å². The fraction of sp³-hybridized carbons (Fsp3) is 0.579. The van der Waals surface area contributed by atoms with Gasteiger partial charge >= 0.3 is 151 Å². The number of carbonyl (C=O) groups is 2. The van der Waals surface area contributed by atoms with Gasteiger partial charge in [0.05, 0.1) is 0 Å². The van der Waals surface area contributed by atoms with Gasteiger partial charge in [-0.3, -0.25) is 0 Å². The monoisotopic (exact) mass is 392 g/mol. The van der Waals surface area contributed by atoms with Gasteiger partial charge in [0.25, 0.3) is 0 Å². The Balaban J connectivity index is 2.17. The van der Waals surface area contributed by atoms with Crippen molar-refractivity contribution >= 4 is 31.1 Å². The summed E-state index contributed by atoms with van der Waals surface area (Å²) in [5.41, 5.74) is 0.685. The normalized spacial score (nSPS) is 26.4. The van der Waals surface area contributed by atoms with Crippen molar-refractivity contribution in [3.05, 3.63) is 23.8 Å². The summed E-state index contributed by atoms with van der Waals surface area (Å²) in [5, 5.41) is 14.2. The Labute approximate surface area is 151 Å². The van der Waals surface area contributed by atoms with E-state index >= 15 is 0 Å². The van der Waals surface area contributed by atoms with Crippen molar-refractivity contribution in [2.45, 2.75) is 59.4 Å². The average molecular weight is 392 g/mol. The van der Waals surface area contributed by atoms with Gasteiger partial charge in [0.15, 0.2) is 0 Å². The molecule has 0 aliphatic heterocycles. The number of amides is 1. The van der Waals surface area contributed by atoms with Gasteiger partial charge in [0.2, 0.25) is 0 Å². The molecule has 1 aromatic rings. The second kappa shape index (κ2) is 7.31. The van der Waals surface area contributed by atoms with E-state index in [1.807, 2.05) is 0 Å². The molecule has 1 amide bonds. The summed E-state index contributed by atoms with van der Waals surface area (Å²) in [6.07, 6.45) is 4.15. The molecule has 131 valence electrons. The van der Waals surface area contributed by atoms with Crippen molar-refractivity contribution in [1.29, 1.82) is 0 Å². The van der Waals surface area contributed by atoms with E-state index in [4.69, 9.17) is 0 Å². The second-order valence-electron chi connectivity index (χ2n) is 7.99. The van der Waals surface area contributed by atoms with Gasteiger partial charge < -0.3 is 0 Å². The first-order valence-corrected chi connectivity index (χ1v) is 10.5. The molecule has 4 nitrogen and oxygen atoms in total. The number of benzene rings is 1. The Morgan fingerprint density at radius 2 is 2.08 bits per heavy atom. The molecule has 5 heteroatoms. The number of phenols is 1. The Hall–Kier alpha value is -1.28. The summed E-state index contributed by atoms with van der Waals surface area (Å²) in [6, 6.07) is 5.16. The molecule has 0 saturated heterocycles. The van der Waals surface area contributed by atoms with Crippen LogP contribution in [0.2, 0.25) is 0 Å². The first-order valence-electron chi connectivity index (χ1n) is 8.47. The summed E-state index contributed by atoms with van der Waals surface area (Å²) in [6.45, 7) is 9.01. The first kappa shape index (κ1) is 19.0. The van der Waals surface area contributed by atoms with Crippen LogP contribution in [0.15, 0.2) is 18.2 Å². The zero-order chi connectivity index (χ0) is 18.0. The molecular formula is C19H27AsNO3. The van der Waals surface area contributed by atoms with Gasteiger partial charge in [-0.25, -0.2) is 0 Å². The molecule has 2 N–H and O–H groups in total.